The minimum absolute atomic E-state index is 0.145. The van der Waals surface area contributed by atoms with Gasteiger partial charge in [-0.15, -0.1) is 11.3 Å². The minimum Gasteiger partial charge on any atom is -0.496 e. The van der Waals surface area contributed by atoms with Crippen LogP contribution in [0.15, 0.2) is 93.2 Å². The number of rotatable bonds is 6. The standard InChI is InChI=1S/C27H22N2O4S2/c1-17-23(26(31)33-16-18-9-4-3-5-10-18)24(21-13-8-14-34-21)29-25(30)22(35-27(29)28-17)15-19-11-6-7-12-20(19)32-2/h3-15,24H,16H2,1-2H3/b22-15+/t24-/m0/s1. The van der Waals surface area contributed by atoms with Gasteiger partial charge in [-0.1, -0.05) is 65.9 Å². The highest BCUT2D eigenvalue weighted by atomic mass is 32.1. The van der Waals surface area contributed by atoms with Gasteiger partial charge in [-0.3, -0.25) is 9.36 Å². The molecule has 5 rings (SSSR count). The van der Waals surface area contributed by atoms with Gasteiger partial charge in [0.1, 0.15) is 18.4 Å². The zero-order chi connectivity index (χ0) is 24.4. The van der Waals surface area contributed by atoms with Crippen molar-refractivity contribution in [1.29, 1.82) is 0 Å². The predicted octanol–water partition coefficient (Wildman–Crippen LogP) is 4.05. The average molecular weight is 503 g/mol. The molecule has 0 radical (unpaired) electrons. The molecule has 176 valence electrons. The van der Waals surface area contributed by atoms with Gasteiger partial charge in [-0.05, 0) is 36.1 Å². The van der Waals surface area contributed by atoms with Gasteiger partial charge in [0, 0.05) is 10.4 Å². The summed E-state index contributed by atoms with van der Waals surface area (Å²) >= 11 is 2.79. The molecule has 35 heavy (non-hydrogen) atoms. The lowest BCUT2D eigenvalue weighted by molar-refractivity contribution is -0.140. The smallest absolute Gasteiger partial charge is 0.338 e. The third kappa shape index (κ3) is 4.50. The van der Waals surface area contributed by atoms with Gasteiger partial charge in [0.2, 0.25) is 0 Å². The van der Waals surface area contributed by atoms with Crippen molar-refractivity contribution in [3.05, 3.63) is 119 Å². The molecule has 4 aromatic rings. The van der Waals surface area contributed by atoms with Crippen LogP contribution in [-0.4, -0.2) is 17.6 Å². The maximum absolute atomic E-state index is 13.6. The second-order valence-corrected chi connectivity index (χ2v) is 9.89. The van der Waals surface area contributed by atoms with Crippen LogP contribution in [0.3, 0.4) is 0 Å². The largest absolute Gasteiger partial charge is 0.496 e. The molecule has 2 aromatic heterocycles. The summed E-state index contributed by atoms with van der Waals surface area (Å²) in [6.45, 7) is 1.93. The van der Waals surface area contributed by atoms with Gasteiger partial charge in [0.05, 0.1) is 22.9 Å². The number of allylic oxidation sites excluding steroid dienone is 1. The molecule has 1 aliphatic rings. The Kier molecular flexibility index (Phi) is 6.48. The van der Waals surface area contributed by atoms with E-state index in [9.17, 15) is 9.59 Å². The van der Waals surface area contributed by atoms with E-state index >= 15 is 0 Å². The van der Waals surface area contributed by atoms with E-state index in [0.29, 0.717) is 26.4 Å². The van der Waals surface area contributed by atoms with Crippen LogP contribution >= 0.6 is 22.7 Å². The van der Waals surface area contributed by atoms with E-state index in [0.717, 1.165) is 16.0 Å². The van der Waals surface area contributed by atoms with Crippen molar-refractivity contribution in [2.75, 3.05) is 7.11 Å². The Morgan fingerprint density at radius 1 is 1.09 bits per heavy atom. The first-order chi connectivity index (χ1) is 17.1. The van der Waals surface area contributed by atoms with Gasteiger partial charge < -0.3 is 9.47 Å². The molecule has 0 fully saturated rings. The Balaban J connectivity index is 1.60. The molecule has 0 aliphatic carbocycles. The number of nitrogens with zero attached hydrogens (tertiary/aromatic N) is 2. The summed E-state index contributed by atoms with van der Waals surface area (Å²) in [5.41, 5.74) is 2.40. The van der Waals surface area contributed by atoms with Crippen LogP contribution in [0.1, 0.15) is 29.0 Å². The SMILES string of the molecule is COc1ccccc1/C=c1/sc2n(c1=O)[C@@H](c1cccs1)C(C(=O)OCc1ccccc1)=C(C)N=2. The first kappa shape index (κ1) is 23.0. The number of benzene rings is 2. The maximum atomic E-state index is 13.6. The highest BCUT2D eigenvalue weighted by molar-refractivity contribution is 7.10. The lowest BCUT2D eigenvalue weighted by atomic mass is 10.0. The number of hydrogen-bond donors (Lipinski definition) is 0. The summed E-state index contributed by atoms with van der Waals surface area (Å²) < 4.78 is 13.2. The lowest BCUT2D eigenvalue weighted by Crippen LogP contribution is -2.39. The fourth-order valence-corrected chi connectivity index (χ4v) is 5.89. The maximum Gasteiger partial charge on any atom is 0.338 e. The molecule has 1 atom stereocenters. The lowest BCUT2D eigenvalue weighted by Gasteiger charge is -2.23. The van der Waals surface area contributed by atoms with Gasteiger partial charge in [-0.25, -0.2) is 9.79 Å². The minimum atomic E-state index is -0.602. The molecule has 8 heteroatoms. The predicted molar refractivity (Wildman–Crippen MR) is 137 cm³/mol. The number of thiophene rings is 1. The van der Waals surface area contributed by atoms with Gasteiger partial charge in [0.25, 0.3) is 5.56 Å². The summed E-state index contributed by atoms with van der Waals surface area (Å²) in [7, 11) is 1.60. The third-order valence-corrected chi connectivity index (χ3v) is 7.60. The number of carbonyl (C=O) groups excluding carboxylic acids is 1. The van der Waals surface area contributed by atoms with E-state index in [1.54, 1.807) is 24.7 Å². The van der Waals surface area contributed by atoms with Gasteiger partial charge >= 0.3 is 5.97 Å². The summed E-state index contributed by atoms with van der Waals surface area (Å²) in [6.07, 6.45) is 1.81. The van der Waals surface area contributed by atoms with Crippen LogP contribution in [0.2, 0.25) is 0 Å². The molecule has 0 N–H and O–H groups in total. The fourth-order valence-electron chi connectivity index (χ4n) is 4.03. The molecule has 6 nitrogen and oxygen atoms in total. The van der Waals surface area contributed by atoms with Crippen LogP contribution in [0.25, 0.3) is 6.08 Å². The number of fused-ring (bicyclic) bond motifs is 1. The van der Waals surface area contributed by atoms with Gasteiger partial charge in [0.15, 0.2) is 4.80 Å². The van der Waals surface area contributed by atoms with Crippen molar-refractivity contribution in [2.45, 2.75) is 19.6 Å². The summed E-state index contributed by atoms with van der Waals surface area (Å²) in [6, 6.07) is 20.3. The monoisotopic (exact) mass is 502 g/mol. The number of thiazole rings is 1. The highest BCUT2D eigenvalue weighted by Crippen LogP contribution is 2.33. The third-order valence-electron chi connectivity index (χ3n) is 5.69. The van der Waals surface area contributed by atoms with Crippen molar-refractivity contribution < 1.29 is 14.3 Å². The zero-order valence-electron chi connectivity index (χ0n) is 19.1. The molecule has 0 bridgehead atoms. The second-order valence-electron chi connectivity index (χ2n) is 7.90. The van der Waals surface area contributed by atoms with Crippen molar-refractivity contribution >= 4 is 34.7 Å². The molecule has 3 heterocycles. The van der Waals surface area contributed by atoms with Crippen molar-refractivity contribution in [3.63, 3.8) is 0 Å². The molecule has 0 saturated heterocycles. The quantitative estimate of drug-likeness (QED) is 0.373. The molecule has 0 unspecified atom stereocenters. The first-order valence-electron chi connectivity index (χ1n) is 11.0. The van der Waals surface area contributed by atoms with Crippen molar-refractivity contribution in [1.82, 2.24) is 4.57 Å². The van der Waals surface area contributed by atoms with Gasteiger partial charge in [-0.2, -0.15) is 0 Å². The number of ether oxygens (including phenoxy) is 2. The number of esters is 1. The Morgan fingerprint density at radius 2 is 1.86 bits per heavy atom. The Bertz CT molecular complexity index is 1580. The topological polar surface area (TPSA) is 69.9 Å². The van der Waals surface area contributed by atoms with Crippen molar-refractivity contribution in [2.24, 2.45) is 4.99 Å². The fraction of sp³-hybridized carbons (Fsp3) is 0.148. The van der Waals surface area contributed by atoms with Crippen LogP contribution in [0, 0.1) is 0 Å². The summed E-state index contributed by atoms with van der Waals surface area (Å²) in [4.78, 5) is 33.0. The van der Waals surface area contributed by atoms with Crippen molar-refractivity contribution in [3.8, 4) is 5.75 Å². The molecule has 0 amide bonds. The number of para-hydroxylation sites is 1. The van der Waals surface area contributed by atoms with E-state index < -0.39 is 12.0 Å². The second kappa shape index (κ2) is 9.85. The molecule has 2 aromatic carbocycles. The number of methoxy groups -OCH3 is 1. The molecule has 0 saturated carbocycles. The van der Waals surface area contributed by atoms with E-state index in [1.807, 2.05) is 72.1 Å². The molecule has 1 aliphatic heterocycles. The van der Waals surface area contributed by atoms with Crippen LogP contribution in [-0.2, 0) is 16.1 Å². The van der Waals surface area contributed by atoms with Crippen LogP contribution < -0.4 is 19.6 Å². The molecular weight excluding hydrogens is 480 g/mol. The van der Waals surface area contributed by atoms with Crippen LogP contribution in [0.5, 0.6) is 5.75 Å². The number of hydrogen-bond acceptors (Lipinski definition) is 7. The Labute approximate surface area is 209 Å². The summed E-state index contributed by atoms with van der Waals surface area (Å²) in [5, 5.41) is 1.93. The van der Waals surface area contributed by atoms with E-state index in [-0.39, 0.29) is 12.2 Å². The average Bonchev–Trinajstić information content (AvgIpc) is 3.51. The van der Waals surface area contributed by atoms with E-state index in [4.69, 9.17) is 9.47 Å². The Morgan fingerprint density at radius 3 is 2.60 bits per heavy atom. The zero-order valence-corrected chi connectivity index (χ0v) is 20.8. The number of carbonyl (C=O) groups is 1. The number of aromatic nitrogens is 1. The Hall–Kier alpha value is -3.75. The highest BCUT2D eigenvalue weighted by Gasteiger charge is 2.34. The van der Waals surface area contributed by atoms with E-state index in [1.165, 1.54) is 22.7 Å². The molecular formula is C27H22N2O4S2. The van der Waals surface area contributed by atoms with E-state index in [2.05, 4.69) is 4.99 Å². The first-order valence-corrected chi connectivity index (χ1v) is 12.7. The summed E-state index contributed by atoms with van der Waals surface area (Å²) in [5.74, 6) is 0.196. The normalized spacial score (nSPS) is 15.5. The van der Waals surface area contributed by atoms with Crippen LogP contribution in [0.4, 0.5) is 0 Å². The molecule has 0 spiro atoms.